The number of amides is 1. The third-order valence-corrected chi connectivity index (χ3v) is 5.61. The van der Waals surface area contributed by atoms with Crippen molar-refractivity contribution in [3.63, 3.8) is 0 Å². The number of likely N-dealkylation sites (tertiary alicyclic amines) is 1. The fourth-order valence-corrected chi connectivity index (χ4v) is 3.90. The highest BCUT2D eigenvalue weighted by molar-refractivity contribution is 6.07. The van der Waals surface area contributed by atoms with Crippen LogP contribution in [0.4, 0.5) is 0 Å². The molecule has 8 heteroatoms. The van der Waals surface area contributed by atoms with Crippen LogP contribution in [-0.4, -0.2) is 45.2 Å². The lowest BCUT2D eigenvalue weighted by Gasteiger charge is -2.23. The summed E-state index contributed by atoms with van der Waals surface area (Å²) in [6.07, 6.45) is 0.932. The van der Waals surface area contributed by atoms with E-state index in [1.54, 1.807) is 4.68 Å². The Morgan fingerprint density at radius 3 is 2.55 bits per heavy atom. The van der Waals surface area contributed by atoms with Crippen molar-refractivity contribution in [1.29, 1.82) is 0 Å². The van der Waals surface area contributed by atoms with Gasteiger partial charge in [0.05, 0.1) is 22.3 Å². The number of rotatable bonds is 3. The Balaban J connectivity index is 0.00000150. The molecule has 1 atom stereocenters. The normalized spacial score (nSPS) is 18.4. The molecule has 0 saturated carbocycles. The van der Waals surface area contributed by atoms with Gasteiger partial charge in [-0.25, -0.2) is 4.98 Å². The molecular formula is C21H27Cl2N5O. The van der Waals surface area contributed by atoms with Crippen molar-refractivity contribution in [2.45, 2.75) is 20.3 Å². The first-order valence-corrected chi connectivity index (χ1v) is 9.31. The van der Waals surface area contributed by atoms with Crippen molar-refractivity contribution in [3.05, 3.63) is 47.7 Å². The lowest BCUT2D eigenvalue weighted by Crippen LogP contribution is -2.34. The zero-order valence-corrected chi connectivity index (χ0v) is 18.5. The van der Waals surface area contributed by atoms with E-state index in [1.165, 1.54) is 0 Å². The minimum absolute atomic E-state index is 0. The standard InChI is InChI=1S/C21H25N5O.2ClH/c1-14-18-16(20(27)26-10-9-21(2,12-22)13-26)11-17(15-7-5-4-6-8-15)23-19(18)25(3)24-14;;/h4-8,11H,9-10,12-13,22H2,1-3H3;2*1H. The second-order valence-corrected chi connectivity index (χ2v) is 7.82. The van der Waals surface area contributed by atoms with Crippen LogP contribution >= 0.6 is 24.8 Å². The predicted molar refractivity (Wildman–Crippen MR) is 121 cm³/mol. The van der Waals surface area contributed by atoms with E-state index in [-0.39, 0.29) is 36.1 Å². The van der Waals surface area contributed by atoms with Gasteiger partial charge in [-0.15, -0.1) is 24.8 Å². The summed E-state index contributed by atoms with van der Waals surface area (Å²) in [5.74, 6) is 0.0351. The van der Waals surface area contributed by atoms with Crippen LogP contribution < -0.4 is 5.73 Å². The third kappa shape index (κ3) is 4.10. The molecule has 0 aliphatic carbocycles. The molecule has 1 aliphatic rings. The highest BCUT2D eigenvalue weighted by atomic mass is 35.5. The molecule has 0 radical (unpaired) electrons. The van der Waals surface area contributed by atoms with Gasteiger partial charge < -0.3 is 10.6 Å². The number of carbonyl (C=O) groups excluding carboxylic acids is 1. The number of fused-ring (bicyclic) bond motifs is 1. The topological polar surface area (TPSA) is 77.0 Å². The van der Waals surface area contributed by atoms with Gasteiger partial charge in [0.25, 0.3) is 5.91 Å². The summed E-state index contributed by atoms with van der Waals surface area (Å²) < 4.78 is 1.75. The monoisotopic (exact) mass is 435 g/mol. The van der Waals surface area contributed by atoms with Crippen LogP contribution in [0, 0.1) is 12.3 Å². The number of carbonyl (C=O) groups is 1. The van der Waals surface area contributed by atoms with Gasteiger partial charge in [0.2, 0.25) is 0 Å². The molecule has 156 valence electrons. The molecule has 2 aromatic heterocycles. The fraction of sp³-hybridized carbons (Fsp3) is 0.381. The summed E-state index contributed by atoms with van der Waals surface area (Å²) in [4.78, 5) is 20.1. The molecule has 2 N–H and O–H groups in total. The number of halogens is 2. The molecule has 0 spiro atoms. The van der Waals surface area contributed by atoms with Gasteiger partial charge >= 0.3 is 0 Å². The zero-order chi connectivity index (χ0) is 19.2. The number of hydrogen-bond donors (Lipinski definition) is 1. The lowest BCUT2D eigenvalue weighted by molar-refractivity contribution is 0.0778. The number of hydrogen-bond acceptors (Lipinski definition) is 4. The molecule has 1 amide bonds. The van der Waals surface area contributed by atoms with E-state index in [9.17, 15) is 4.79 Å². The second kappa shape index (κ2) is 8.69. The van der Waals surface area contributed by atoms with E-state index in [0.29, 0.717) is 18.7 Å². The van der Waals surface area contributed by atoms with Crippen LogP contribution in [0.25, 0.3) is 22.3 Å². The molecule has 4 rings (SSSR count). The van der Waals surface area contributed by atoms with Crippen molar-refractivity contribution in [3.8, 4) is 11.3 Å². The Bertz CT molecular complexity index is 1020. The van der Waals surface area contributed by atoms with Crippen LogP contribution in [0.3, 0.4) is 0 Å². The summed E-state index contributed by atoms with van der Waals surface area (Å²) in [5, 5.41) is 5.34. The summed E-state index contributed by atoms with van der Waals surface area (Å²) >= 11 is 0. The predicted octanol–water partition coefficient (Wildman–Crippen LogP) is 3.60. The van der Waals surface area contributed by atoms with Crippen LogP contribution in [0.15, 0.2) is 36.4 Å². The highest BCUT2D eigenvalue weighted by Crippen LogP contribution is 2.32. The van der Waals surface area contributed by atoms with Crippen molar-refractivity contribution in [2.24, 2.45) is 18.2 Å². The van der Waals surface area contributed by atoms with Gasteiger partial charge in [0.15, 0.2) is 5.65 Å². The maximum absolute atomic E-state index is 13.4. The first kappa shape index (κ1) is 23.1. The number of aromatic nitrogens is 3. The fourth-order valence-electron chi connectivity index (χ4n) is 3.90. The molecular weight excluding hydrogens is 409 g/mol. The third-order valence-electron chi connectivity index (χ3n) is 5.61. The van der Waals surface area contributed by atoms with Crippen LogP contribution in [0.5, 0.6) is 0 Å². The zero-order valence-electron chi connectivity index (χ0n) is 16.9. The summed E-state index contributed by atoms with van der Waals surface area (Å²) in [6.45, 7) is 6.08. The summed E-state index contributed by atoms with van der Waals surface area (Å²) in [7, 11) is 1.87. The molecule has 1 fully saturated rings. The van der Waals surface area contributed by atoms with E-state index >= 15 is 0 Å². The quantitative estimate of drug-likeness (QED) is 0.681. The van der Waals surface area contributed by atoms with E-state index in [4.69, 9.17) is 10.7 Å². The van der Waals surface area contributed by atoms with Crippen molar-refractivity contribution < 1.29 is 4.79 Å². The van der Waals surface area contributed by atoms with Crippen molar-refractivity contribution in [1.82, 2.24) is 19.7 Å². The number of nitrogens with two attached hydrogens (primary N) is 1. The van der Waals surface area contributed by atoms with Gasteiger partial charge in [-0.1, -0.05) is 37.3 Å². The summed E-state index contributed by atoms with van der Waals surface area (Å²) in [5.41, 5.74) is 9.92. The second-order valence-electron chi connectivity index (χ2n) is 7.82. The van der Waals surface area contributed by atoms with E-state index < -0.39 is 0 Å². The van der Waals surface area contributed by atoms with Crippen LogP contribution in [0.1, 0.15) is 29.4 Å². The van der Waals surface area contributed by atoms with Gasteiger partial charge in [0, 0.05) is 25.7 Å². The molecule has 3 heterocycles. The molecule has 29 heavy (non-hydrogen) atoms. The van der Waals surface area contributed by atoms with Crippen LogP contribution in [0.2, 0.25) is 0 Å². The molecule has 1 aromatic carbocycles. The molecule has 1 unspecified atom stereocenters. The Hall–Kier alpha value is -2.15. The number of aryl methyl sites for hydroxylation is 2. The minimum Gasteiger partial charge on any atom is -0.338 e. The first-order valence-electron chi connectivity index (χ1n) is 9.31. The maximum atomic E-state index is 13.4. The molecule has 0 bridgehead atoms. The average molecular weight is 436 g/mol. The van der Waals surface area contributed by atoms with Gasteiger partial charge in [0.1, 0.15) is 0 Å². The van der Waals surface area contributed by atoms with Crippen LogP contribution in [-0.2, 0) is 7.05 Å². The Morgan fingerprint density at radius 2 is 1.93 bits per heavy atom. The Labute approximate surface area is 183 Å². The highest BCUT2D eigenvalue weighted by Gasteiger charge is 2.36. The van der Waals surface area contributed by atoms with Gasteiger partial charge in [-0.05, 0) is 31.4 Å². The number of pyridine rings is 1. The minimum atomic E-state index is -0.00590. The van der Waals surface area contributed by atoms with E-state index in [2.05, 4.69) is 12.0 Å². The molecule has 6 nitrogen and oxygen atoms in total. The van der Waals surface area contributed by atoms with Crippen molar-refractivity contribution in [2.75, 3.05) is 19.6 Å². The number of benzene rings is 1. The molecule has 1 saturated heterocycles. The summed E-state index contributed by atoms with van der Waals surface area (Å²) in [6, 6.07) is 11.8. The number of nitrogens with zero attached hydrogens (tertiary/aromatic N) is 4. The van der Waals surface area contributed by atoms with Crippen molar-refractivity contribution >= 4 is 41.8 Å². The molecule has 1 aliphatic heterocycles. The largest absolute Gasteiger partial charge is 0.338 e. The first-order chi connectivity index (χ1) is 12.9. The molecule has 3 aromatic rings. The van der Waals surface area contributed by atoms with E-state index in [1.807, 2.05) is 55.3 Å². The average Bonchev–Trinajstić information content (AvgIpc) is 3.22. The van der Waals surface area contributed by atoms with Gasteiger partial charge in [-0.2, -0.15) is 5.10 Å². The van der Waals surface area contributed by atoms with E-state index in [0.717, 1.165) is 41.0 Å². The smallest absolute Gasteiger partial charge is 0.254 e. The SMILES string of the molecule is Cc1nn(C)c2nc(-c3ccccc3)cc(C(=O)N3CCC(C)(CN)C3)c12.Cl.Cl. The maximum Gasteiger partial charge on any atom is 0.254 e. The lowest BCUT2D eigenvalue weighted by atomic mass is 9.90. The Kier molecular flexibility index (Phi) is 6.93. The van der Waals surface area contributed by atoms with Gasteiger partial charge in [-0.3, -0.25) is 9.48 Å². The Morgan fingerprint density at radius 1 is 1.24 bits per heavy atom.